The van der Waals surface area contributed by atoms with Crippen molar-refractivity contribution >= 4 is 28.7 Å². The summed E-state index contributed by atoms with van der Waals surface area (Å²) < 4.78 is 14.6. The highest BCUT2D eigenvalue weighted by Crippen LogP contribution is 2.38. The van der Waals surface area contributed by atoms with Gasteiger partial charge < -0.3 is 49.6 Å². The van der Waals surface area contributed by atoms with Crippen LogP contribution in [0.4, 0.5) is 0 Å². The molecule has 0 fully saturated rings. The number of aryl methyl sites for hydroxylation is 1. The molecule has 6 rings (SSSR count). The van der Waals surface area contributed by atoms with Gasteiger partial charge in [-0.25, -0.2) is 4.79 Å². The molecule has 340 valence electrons. The minimum atomic E-state index is -0.422. The van der Waals surface area contributed by atoms with Crippen LogP contribution < -0.4 is 10.4 Å². The van der Waals surface area contributed by atoms with Crippen molar-refractivity contribution in [1.29, 1.82) is 0 Å². The molecular weight excluding hydrogens is 801 g/mol. The first-order valence-corrected chi connectivity index (χ1v) is 19.7. The van der Waals surface area contributed by atoms with E-state index in [0.29, 0.717) is 37.2 Å². The van der Waals surface area contributed by atoms with Gasteiger partial charge in [0, 0.05) is 48.7 Å². The minimum absolute atomic E-state index is 0. The molecule has 2 atom stereocenters. The number of aliphatic hydroxyl groups is 1. The number of phenols is 6. The topological polar surface area (TPSA) is 241 Å². The number of rotatable bonds is 10. The lowest BCUT2D eigenvalue weighted by Gasteiger charge is -2.23. The molecule has 0 bridgehead atoms. The molecule has 1 aliphatic rings. The number of carbonyl (C=O) groups excluding carboxylic acids is 3. The zero-order chi connectivity index (χ0) is 44.8. The van der Waals surface area contributed by atoms with Gasteiger partial charge in [0.05, 0.1) is 13.0 Å². The number of ketones is 1. The van der Waals surface area contributed by atoms with Crippen LogP contribution in [-0.4, -0.2) is 66.7 Å². The smallest absolute Gasteiger partial charge is 0.336 e. The van der Waals surface area contributed by atoms with Crippen molar-refractivity contribution in [2.24, 2.45) is 0 Å². The van der Waals surface area contributed by atoms with Crippen LogP contribution in [0.3, 0.4) is 0 Å². The Morgan fingerprint density at radius 1 is 0.758 bits per heavy atom. The second kappa shape index (κ2) is 28.8. The zero-order valence-corrected chi connectivity index (χ0v) is 34.6. The fourth-order valence-corrected chi connectivity index (χ4v) is 5.90. The Kier molecular flexibility index (Phi) is 25.8. The molecule has 14 heteroatoms. The Bertz CT molecular complexity index is 2180. The van der Waals surface area contributed by atoms with E-state index in [9.17, 15) is 34.5 Å². The van der Waals surface area contributed by atoms with Crippen LogP contribution in [0.2, 0.25) is 0 Å². The molecule has 0 saturated heterocycles. The molecule has 5 aromatic rings. The van der Waals surface area contributed by atoms with E-state index >= 15 is 0 Å². The maximum atomic E-state index is 11.2. The Hall–Kier alpha value is -6.54. The van der Waals surface area contributed by atoms with Crippen molar-refractivity contribution in [3.63, 3.8) is 0 Å². The van der Waals surface area contributed by atoms with Crippen molar-refractivity contribution in [1.82, 2.24) is 0 Å². The third kappa shape index (κ3) is 18.8. The van der Waals surface area contributed by atoms with Gasteiger partial charge in [0.15, 0.2) is 0 Å². The number of hydrogen-bond donors (Lipinski definition) is 7. The normalized spacial score (nSPS) is 12.4. The number of ether oxygens (including phenoxy) is 2. The summed E-state index contributed by atoms with van der Waals surface area (Å²) >= 11 is 0. The first kappa shape index (κ1) is 55.5. The van der Waals surface area contributed by atoms with Gasteiger partial charge in [-0.1, -0.05) is 60.7 Å². The monoisotopic (exact) mass is 864 g/mol. The number of Topliss-reactive ketones (excluding diaryl/α,β-unsaturated/α-hetero) is 1. The van der Waals surface area contributed by atoms with E-state index in [0.717, 1.165) is 41.3 Å². The molecule has 0 aliphatic carbocycles. The van der Waals surface area contributed by atoms with Crippen molar-refractivity contribution in [3.05, 3.63) is 112 Å². The van der Waals surface area contributed by atoms with E-state index in [-0.39, 0.29) is 91.6 Å². The molecule has 0 amide bonds. The third-order valence-electron chi connectivity index (χ3n) is 9.06. The molecule has 7 N–H and O–H groups in total. The Balaban J connectivity index is 0.000000755. The maximum Gasteiger partial charge on any atom is 0.336 e. The summed E-state index contributed by atoms with van der Waals surface area (Å²) in [5.41, 5.74) is 2.81. The van der Waals surface area contributed by atoms with Gasteiger partial charge in [-0.15, -0.1) is 0 Å². The van der Waals surface area contributed by atoms with Crippen LogP contribution in [0.1, 0.15) is 117 Å². The van der Waals surface area contributed by atoms with Gasteiger partial charge in [-0.05, 0) is 97.5 Å². The van der Waals surface area contributed by atoms with Crippen LogP contribution in [0.15, 0.2) is 94.1 Å². The Morgan fingerprint density at radius 2 is 1.35 bits per heavy atom. The number of aromatic hydroxyl groups is 6. The van der Waals surface area contributed by atoms with Crippen molar-refractivity contribution < 1.29 is 64.0 Å². The summed E-state index contributed by atoms with van der Waals surface area (Å²) in [6, 6.07) is 21.7. The molecule has 14 nitrogen and oxygen atoms in total. The van der Waals surface area contributed by atoms with Gasteiger partial charge in [0.25, 0.3) is 0 Å². The van der Waals surface area contributed by atoms with Gasteiger partial charge in [-0.2, -0.15) is 0 Å². The average molecular weight is 865 g/mol. The maximum absolute atomic E-state index is 11.2. The zero-order valence-electron chi connectivity index (χ0n) is 34.6. The molecule has 0 saturated carbocycles. The van der Waals surface area contributed by atoms with Gasteiger partial charge in [0.1, 0.15) is 58.0 Å². The molecule has 2 unspecified atom stereocenters. The number of esters is 2. The largest absolute Gasteiger partial charge is 0.508 e. The quantitative estimate of drug-likeness (QED) is 0.0299. The van der Waals surface area contributed by atoms with E-state index in [2.05, 4.69) is 4.74 Å². The van der Waals surface area contributed by atoms with Crippen molar-refractivity contribution in [2.75, 3.05) is 13.2 Å². The lowest BCUT2D eigenvalue weighted by atomic mass is 9.90. The highest BCUT2D eigenvalue weighted by atomic mass is 16.5. The van der Waals surface area contributed by atoms with E-state index < -0.39 is 5.97 Å². The SMILES string of the molecule is C.C.CCC(CCO)c1ccc(O)cc1O.CCC1CC(=O)Oc2cc(O)ccc21.CCOC(=O)CC(=O)CC.CCc1cc(=O)oc2cc(O)ccc12.Oc1cccc(O)c1. The molecule has 2 heterocycles. The predicted octanol–water partition coefficient (Wildman–Crippen LogP) is 9.52. The molecular formula is C48H64O14. The van der Waals surface area contributed by atoms with Gasteiger partial charge in [-0.3, -0.25) is 14.4 Å². The number of aliphatic hydroxyl groups excluding tert-OH is 1. The summed E-state index contributed by atoms with van der Waals surface area (Å²) in [4.78, 5) is 43.5. The minimum Gasteiger partial charge on any atom is -0.508 e. The van der Waals surface area contributed by atoms with E-state index in [1.54, 1.807) is 50.2 Å². The van der Waals surface area contributed by atoms with Crippen molar-refractivity contribution in [3.8, 4) is 40.2 Å². The highest BCUT2D eigenvalue weighted by Gasteiger charge is 2.25. The lowest BCUT2D eigenvalue weighted by molar-refractivity contribution is -0.145. The van der Waals surface area contributed by atoms with Gasteiger partial charge >= 0.3 is 17.6 Å². The predicted molar refractivity (Wildman–Crippen MR) is 239 cm³/mol. The summed E-state index contributed by atoms with van der Waals surface area (Å²) in [7, 11) is 0. The number of benzene rings is 4. The molecule has 62 heavy (non-hydrogen) atoms. The molecule has 0 spiro atoms. The number of phenolic OH excluding ortho intramolecular Hbond substituents is 6. The number of fused-ring (bicyclic) bond motifs is 2. The van der Waals surface area contributed by atoms with E-state index in [4.69, 9.17) is 29.6 Å². The van der Waals surface area contributed by atoms with Crippen LogP contribution in [-0.2, 0) is 25.5 Å². The second-order valence-electron chi connectivity index (χ2n) is 13.4. The Morgan fingerprint density at radius 3 is 1.89 bits per heavy atom. The highest BCUT2D eigenvalue weighted by molar-refractivity contribution is 5.95. The molecule has 1 aromatic heterocycles. The van der Waals surface area contributed by atoms with E-state index in [1.165, 1.54) is 42.5 Å². The van der Waals surface area contributed by atoms with Gasteiger partial charge in [0.2, 0.25) is 0 Å². The molecule has 1 aliphatic heterocycles. The fourth-order valence-electron chi connectivity index (χ4n) is 5.90. The number of hydrogen-bond acceptors (Lipinski definition) is 14. The summed E-state index contributed by atoms with van der Waals surface area (Å²) in [6.07, 6.45) is 3.94. The average Bonchev–Trinajstić information content (AvgIpc) is 3.20. The first-order chi connectivity index (χ1) is 28.6. The number of carbonyl (C=O) groups is 3. The second-order valence-corrected chi connectivity index (χ2v) is 13.4. The van der Waals surface area contributed by atoms with Crippen LogP contribution in [0.25, 0.3) is 11.0 Å². The lowest BCUT2D eigenvalue weighted by Crippen LogP contribution is -2.19. The van der Waals surface area contributed by atoms with E-state index in [1.807, 2.05) is 26.8 Å². The van der Waals surface area contributed by atoms with Crippen LogP contribution in [0, 0.1) is 0 Å². The molecule has 4 aromatic carbocycles. The Labute approximate surface area is 363 Å². The summed E-state index contributed by atoms with van der Waals surface area (Å²) in [5, 5.41) is 64.2. The van der Waals surface area contributed by atoms with Crippen LogP contribution in [0.5, 0.6) is 40.2 Å². The third-order valence-corrected chi connectivity index (χ3v) is 9.06. The summed E-state index contributed by atoms with van der Waals surface area (Å²) in [5.74, 6) is 0.760. The van der Waals surface area contributed by atoms with Crippen LogP contribution >= 0.6 is 0 Å². The first-order valence-electron chi connectivity index (χ1n) is 19.7. The van der Waals surface area contributed by atoms with Crippen molar-refractivity contribution in [2.45, 2.75) is 106 Å². The fraction of sp³-hybridized carbons (Fsp3) is 0.375. The summed E-state index contributed by atoms with van der Waals surface area (Å²) in [6.45, 7) is 9.91. The molecule has 0 radical (unpaired) electrons. The standard InChI is InChI=1S/C11H12O3.C11H10O3.C11H16O3.C7H12O3.C6H6O2.2CH4/c2*1-2-7-5-11(13)14-10-6-8(12)3-4-9(7)10;1-2-8(5-6-12)10-4-3-9(13)7-11(10)14;1-3-6(8)5-7(9)10-4-2;7-5-2-1-3-6(8)4-5;;/h3-4,6-7,12H,2,5H2,1H3;3-6,12H,2H2,1H3;3-4,7-8,12-14H,2,5-6H2,1H3;3-5H2,1-2H3;1-4,7-8H;2*1H4.